The molecule has 0 saturated heterocycles. The Balaban J connectivity index is 1.57. The Hall–Kier alpha value is -2.69. The second kappa shape index (κ2) is 8.61. The second-order valence-corrected chi connectivity index (χ2v) is 6.69. The summed E-state index contributed by atoms with van der Waals surface area (Å²) in [5.41, 5.74) is 3.66. The van der Waals surface area contributed by atoms with Crippen LogP contribution in [0.3, 0.4) is 0 Å². The molecule has 26 heavy (non-hydrogen) atoms. The van der Waals surface area contributed by atoms with Crippen LogP contribution in [0.1, 0.15) is 18.1 Å². The highest BCUT2D eigenvalue weighted by Gasteiger charge is 2.22. The van der Waals surface area contributed by atoms with Crippen molar-refractivity contribution in [3.63, 3.8) is 0 Å². The van der Waals surface area contributed by atoms with Gasteiger partial charge in [-0.2, -0.15) is 0 Å². The van der Waals surface area contributed by atoms with E-state index >= 15 is 0 Å². The molecule has 1 atom stereocenters. The van der Waals surface area contributed by atoms with Crippen LogP contribution in [0.4, 0.5) is 5.69 Å². The van der Waals surface area contributed by atoms with Gasteiger partial charge in [0.25, 0.3) is 0 Å². The van der Waals surface area contributed by atoms with E-state index in [-0.39, 0.29) is 6.10 Å². The molecule has 1 aliphatic heterocycles. The van der Waals surface area contributed by atoms with Gasteiger partial charge in [-0.3, -0.25) is 0 Å². The summed E-state index contributed by atoms with van der Waals surface area (Å²) in [6.07, 6.45) is 1.08. The van der Waals surface area contributed by atoms with E-state index in [1.54, 1.807) is 0 Å². The number of rotatable bonds is 6. The number of guanidine groups is 1. The molecule has 0 aromatic heterocycles. The largest absolute Gasteiger partial charge is 0.488 e. The van der Waals surface area contributed by atoms with E-state index in [1.165, 1.54) is 16.8 Å². The molecule has 0 bridgehead atoms. The molecule has 1 aliphatic rings. The highest BCUT2D eigenvalue weighted by Crippen LogP contribution is 2.27. The fourth-order valence-electron chi connectivity index (χ4n) is 3.02. The van der Waals surface area contributed by atoms with Gasteiger partial charge in [0.2, 0.25) is 0 Å². The van der Waals surface area contributed by atoms with Crippen LogP contribution in [-0.4, -0.2) is 39.2 Å². The van der Waals surface area contributed by atoms with E-state index in [4.69, 9.17) is 9.73 Å². The van der Waals surface area contributed by atoms with Crippen molar-refractivity contribution in [2.24, 2.45) is 4.99 Å². The van der Waals surface area contributed by atoms with Crippen molar-refractivity contribution in [2.75, 3.05) is 32.1 Å². The summed E-state index contributed by atoms with van der Waals surface area (Å²) in [4.78, 5) is 6.82. The molecule has 2 aromatic rings. The molecule has 0 amide bonds. The van der Waals surface area contributed by atoms with Gasteiger partial charge in [-0.05, 0) is 36.2 Å². The standard InChI is InChI=1S/C21H28N4O/c1-4-22-21(23-14-16-8-7-10-18(12-16)25(2)3)24-15-19-13-17-9-5-6-11-20(17)26-19/h5-12,19H,4,13-15H2,1-3H3,(H2,22,23,24). The molecule has 3 rings (SSSR count). The first-order valence-electron chi connectivity index (χ1n) is 9.18. The summed E-state index contributed by atoms with van der Waals surface area (Å²) in [6.45, 7) is 4.28. The molecule has 5 heteroatoms. The number of aliphatic imine (C=N–C) groups is 1. The molecule has 0 saturated carbocycles. The maximum absolute atomic E-state index is 5.99. The summed E-state index contributed by atoms with van der Waals surface area (Å²) in [5.74, 6) is 1.82. The number of benzene rings is 2. The maximum Gasteiger partial charge on any atom is 0.191 e. The average Bonchev–Trinajstić information content (AvgIpc) is 3.07. The van der Waals surface area contributed by atoms with Crippen molar-refractivity contribution in [2.45, 2.75) is 26.0 Å². The molecule has 2 aromatic carbocycles. The van der Waals surface area contributed by atoms with Crippen LogP contribution in [0.15, 0.2) is 53.5 Å². The molecule has 0 aliphatic carbocycles. The van der Waals surface area contributed by atoms with Crippen molar-refractivity contribution in [1.82, 2.24) is 10.6 Å². The Bertz CT molecular complexity index is 732. The van der Waals surface area contributed by atoms with E-state index < -0.39 is 0 Å². The fraction of sp³-hybridized carbons (Fsp3) is 0.381. The van der Waals surface area contributed by atoms with Gasteiger partial charge in [-0.25, -0.2) is 4.99 Å². The van der Waals surface area contributed by atoms with Crippen molar-refractivity contribution < 1.29 is 4.74 Å². The first-order chi connectivity index (χ1) is 12.7. The molecule has 0 fully saturated rings. The number of fused-ring (bicyclic) bond motifs is 1. The first-order valence-corrected chi connectivity index (χ1v) is 9.18. The molecular formula is C21H28N4O. The predicted molar refractivity (Wildman–Crippen MR) is 108 cm³/mol. The van der Waals surface area contributed by atoms with Gasteiger partial charge < -0.3 is 20.3 Å². The minimum absolute atomic E-state index is 0.147. The third kappa shape index (κ3) is 4.69. The summed E-state index contributed by atoms with van der Waals surface area (Å²) < 4.78 is 5.99. The minimum Gasteiger partial charge on any atom is -0.488 e. The van der Waals surface area contributed by atoms with Gasteiger partial charge in [0.05, 0.1) is 13.1 Å². The monoisotopic (exact) mass is 352 g/mol. The fourth-order valence-corrected chi connectivity index (χ4v) is 3.02. The molecular weight excluding hydrogens is 324 g/mol. The van der Waals surface area contributed by atoms with Crippen molar-refractivity contribution in [3.8, 4) is 5.75 Å². The molecule has 0 spiro atoms. The average molecular weight is 352 g/mol. The molecule has 2 N–H and O–H groups in total. The third-order valence-corrected chi connectivity index (χ3v) is 4.40. The molecule has 1 heterocycles. The van der Waals surface area contributed by atoms with Gasteiger partial charge >= 0.3 is 0 Å². The predicted octanol–water partition coefficient (Wildman–Crippen LogP) is 2.81. The lowest BCUT2D eigenvalue weighted by atomic mass is 10.1. The molecule has 138 valence electrons. The Morgan fingerprint density at radius 3 is 2.77 bits per heavy atom. The van der Waals surface area contributed by atoms with E-state index in [2.05, 4.69) is 58.9 Å². The van der Waals surface area contributed by atoms with Crippen LogP contribution in [0.5, 0.6) is 5.75 Å². The third-order valence-electron chi connectivity index (χ3n) is 4.40. The number of para-hydroxylation sites is 1. The molecule has 5 nitrogen and oxygen atoms in total. The lowest BCUT2D eigenvalue weighted by Crippen LogP contribution is -2.42. The Labute approximate surface area is 156 Å². The summed E-state index contributed by atoms with van der Waals surface area (Å²) in [7, 11) is 4.10. The number of hydrogen-bond donors (Lipinski definition) is 2. The Morgan fingerprint density at radius 1 is 1.15 bits per heavy atom. The van der Waals surface area contributed by atoms with E-state index in [0.29, 0.717) is 6.54 Å². The summed E-state index contributed by atoms with van der Waals surface area (Å²) >= 11 is 0. The van der Waals surface area contributed by atoms with Crippen molar-refractivity contribution in [3.05, 3.63) is 59.7 Å². The van der Waals surface area contributed by atoms with Crippen molar-refractivity contribution in [1.29, 1.82) is 0 Å². The molecule has 1 unspecified atom stereocenters. The normalized spacial score (nSPS) is 16.0. The summed E-state index contributed by atoms with van der Waals surface area (Å²) in [5, 5.41) is 6.72. The van der Waals surface area contributed by atoms with E-state index in [1.807, 2.05) is 26.2 Å². The number of nitrogens with zero attached hydrogens (tertiary/aromatic N) is 2. The van der Waals surface area contributed by atoms with E-state index in [0.717, 1.165) is 31.2 Å². The van der Waals surface area contributed by atoms with Crippen LogP contribution in [0.2, 0.25) is 0 Å². The maximum atomic E-state index is 5.99. The minimum atomic E-state index is 0.147. The van der Waals surface area contributed by atoms with Crippen LogP contribution >= 0.6 is 0 Å². The van der Waals surface area contributed by atoms with E-state index in [9.17, 15) is 0 Å². The second-order valence-electron chi connectivity index (χ2n) is 6.69. The first kappa shape index (κ1) is 18.1. The topological polar surface area (TPSA) is 48.9 Å². The van der Waals surface area contributed by atoms with Gasteiger partial charge in [0, 0.05) is 32.7 Å². The zero-order chi connectivity index (χ0) is 18.4. The smallest absolute Gasteiger partial charge is 0.191 e. The zero-order valence-electron chi connectivity index (χ0n) is 15.8. The molecule has 0 radical (unpaired) electrons. The number of hydrogen-bond acceptors (Lipinski definition) is 3. The van der Waals surface area contributed by atoms with Crippen LogP contribution in [0.25, 0.3) is 0 Å². The number of nitrogens with one attached hydrogen (secondary N) is 2. The zero-order valence-corrected chi connectivity index (χ0v) is 15.8. The van der Waals surface area contributed by atoms with Crippen molar-refractivity contribution >= 4 is 11.6 Å². The lowest BCUT2D eigenvalue weighted by Gasteiger charge is -2.16. The Morgan fingerprint density at radius 2 is 2.00 bits per heavy atom. The van der Waals surface area contributed by atoms with Gasteiger partial charge in [0.15, 0.2) is 5.96 Å². The Kier molecular flexibility index (Phi) is 6.00. The van der Waals surface area contributed by atoms with Gasteiger partial charge in [-0.1, -0.05) is 30.3 Å². The van der Waals surface area contributed by atoms with Crippen LogP contribution < -0.4 is 20.3 Å². The van der Waals surface area contributed by atoms with Gasteiger partial charge in [-0.15, -0.1) is 0 Å². The lowest BCUT2D eigenvalue weighted by molar-refractivity contribution is 0.235. The SMILES string of the molecule is CCNC(=NCc1cccc(N(C)C)c1)NCC1Cc2ccccc2O1. The van der Waals surface area contributed by atoms with Crippen LogP contribution in [0, 0.1) is 0 Å². The highest BCUT2D eigenvalue weighted by molar-refractivity contribution is 5.79. The van der Waals surface area contributed by atoms with Crippen LogP contribution in [-0.2, 0) is 13.0 Å². The summed E-state index contributed by atoms with van der Waals surface area (Å²) in [6, 6.07) is 16.7. The number of anilines is 1. The quantitative estimate of drug-likeness (QED) is 0.620. The highest BCUT2D eigenvalue weighted by atomic mass is 16.5. The number of ether oxygens (including phenoxy) is 1. The van der Waals surface area contributed by atoms with Gasteiger partial charge in [0.1, 0.15) is 11.9 Å².